The van der Waals surface area contributed by atoms with Crippen molar-refractivity contribution in [3.63, 3.8) is 0 Å². The molecule has 0 unspecified atom stereocenters. The van der Waals surface area contributed by atoms with Gasteiger partial charge < -0.3 is 9.73 Å². The molecule has 25 heavy (non-hydrogen) atoms. The lowest BCUT2D eigenvalue weighted by Gasteiger charge is -2.05. The van der Waals surface area contributed by atoms with Crippen molar-refractivity contribution in [2.75, 3.05) is 5.32 Å². The summed E-state index contributed by atoms with van der Waals surface area (Å²) in [7, 11) is 0. The van der Waals surface area contributed by atoms with Gasteiger partial charge in [0.25, 0.3) is 0 Å². The number of oxazole rings is 1. The third-order valence-electron chi connectivity index (χ3n) is 3.45. The summed E-state index contributed by atoms with van der Waals surface area (Å²) < 4.78 is 45.0. The van der Waals surface area contributed by atoms with Gasteiger partial charge in [0.15, 0.2) is 11.7 Å². The number of carbonyl (C=O) groups excluding carboxylic acids is 1. The van der Waals surface area contributed by atoms with Crippen molar-refractivity contribution in [3.8, 4) is 11.3 Å². The maximum atomic E-state index is 13.5. The fourth-order valence-electron chi connectivity index (χ4n) is 2.20. The highest BCUT2D eigenvalue weighted by Gasteiger charge is 2.11. The van der Waals surface area contributed by atoms with Gasteiger partial charge in [-0.3, -0.25) is 4.79 Å². The fraction of sp³-hybridized carbons (Fsp3) is 0.111. The highest BCUT2D eigenvalue weighted by atomic mass is 19.1. The molecule has 1 amide bonds. The van der Waals surface area contributed by atoms with Gasteiger partial charge in [0.05, 0.1) is 11.9 Å². The lowest BCUT2D eigenvalue weighted by Crippen LogP contribution is -2.13. The number of aryl methyl sites for hydroxylation is 1. The molecule has 0 aliphatic carbocycles. The van der Waals surface area contributed by atoms with Gasteiger partial charge in [-0.2, -0.15) is 0 Å². The molecule has 1 aromatic heterocycles. The summed E-state index contributed by atoms with van der Waals surface area (Å²) in [4.78, 5) is 15.9. The molecule has 0 saturated carbocycles. The third kappa shape index (κ3) is 4.26. The molecule has 2 aromatic carbocycles. The van der Waals surface area contributed by atoms with Gasteiger partial charge in [0.1, 0.15) is 17.5 Å². The number of nitrogens with one attached hydrogen (secondary N) is 1. The molecule has 3 rings (SSSR count). The number of halogens is 3. The molecule has 7 heteroatoms. The maximum absolute atomic E-state index is 13.5. The fourth-order valence-corrected chi connectivity index (χ4v) is 2.20. The molecule has 0 radical (unpaired) electrons. The second-order valence-electron chi connectivity index (χ2n) is 5.30. The number of rotatable bonds is 5. The Balaban J connectivity index is 1.59. The number of benzene rings is 2. The van der Waals surface area contributed by atoms with Gasteiger partial charge in [0, 0.05) is 24.5 Å². The number of carbonyl (C=O) groups is 1. The van der Waals surface area contributed by atoms with Gasteiger partial charge in [-0.15, -0.1) is 0 Å². The first-order valence-corrected chi connectivity index (χ1v) is 7.47. The highest BCUT2D eigenvalue weighted by Crippen LogP contribution is 2.21. The first-order valence-electron chi connectivity index (χ1n) is 7.47. The van der Waals surface area contributed by atoms with Crippen molar-refractivity contribution in [2.24, 2.45) is 0 Å². The summed E-state index contributed by atoms with van der Waals surface area (Å²) in [5.74, 6) is -1.45. The number of hydrogen-bond donors (Lipinski definition) is 1. The molecule has 128 valence electrons. The van der Waals surface area contributed by atoms with Crippen LogP contribution in [-0.2, 0) is 11.2 Å². The Labute approximate surface area is 141 Å². The second kappa shape index (κ2) is 7.21. The summed E-state index contributed by atoms with van der Waals surface area (Å²) in [5.41, 5.74) is 0.441. The molecule has 0 bridgehead atoms. The average molecular weight is 346 g/mol. The summed E-state index contributed by atoms with van der Waals surface area (Å²) in [6.45, 7) is 0. The Bertz CT molecular complexity index is 892. The van der Waals surface area contributed by atoms with Crippen molar-refractivity contribution in [2.45, 2.75) is 12.8 Å². The summed E-state index contributed by atoms with van der Waals surface area (Å²) in [6.07, 6.45) is 1.65. The topological polar surface area (TPSA) is 55.1 Å². The zero-order chi connectivity index (χ0) is 17.8. The Morgan fingerprint density at radius 2 is 1.76 bits per heavy atom. The van der Waals surface area contributed by atoms with Crippen LogP contribution in [0, 0.1) is 17.5 Å². The van der Waals surface area contributed by atoms with E-state index in [0.717, 1.165) is 18.2 Å². The minimum Gasteiger partial charge on any atom is -0.441 e. The highest BCUT2D eigenvalue weighted by molar-refractivity contribution is 5.90. The van der Waals surface area contributed by atoms with Crippen molar-refractivity contribution in [3.05, 3.63) is 72.0 Å². The quantitative estimate of drug-likeness (QED) is 0.748. The molecule has 4 nitrogen and oxygen atoms in total. The predicted molar refractivity (Wildman–Crippen MR) is 85.2 cm³/mol. The number of hydrogen-bond acceptors (Lipinski definition) is 3. The van der Waals surface area contributed by atoms with Crippen molar-refractivity contribution in [1.29, 1.82) is 0 Å². The lowest BCUT2D eigenvalue weighted by molar-refractivity contribution is -0.116. The minimum atomic E-state index is -0.718. The molecule has 0 atom stereocenters. The summed E-state index contributed by atoms with van der Waals surface area (Å²) in [5, 5.41) is 2.30. The number of anilines is 1. The van der Waals surface area contributed by atoms with Crippen molar-refractivity contribution >= 4 is 11.6 Å². The molecule has 0 aliphatic heterocycles. The van der Waals surface area contributed by atoms with E-state index in [2.05, 4.69) is 10.3 Å². The molecule has 3 aromatic rings. The van der Waals surface area contributed by atoms with Crippen LogP contribution in [-0.4, -0.2) is 10.9 Å². The SMILES string of the molecule is O=C(CCc1ncc(-c2ccc(F)cc2)o1)Nc1cc(F)ccc1F. The van der Waals surface area contributed by atoms with Gasteiger partial charge in [-0.1, -0.05) is 0 Å². The van der Waals surface area contributed by atoms with E-state index in [0.29, 0.717) is 17.2 Å². The van der Waals surface area contributed by atoms with Gasteiger partial charge in [-0.25, -0.2) is 18.2 Å². The van der Waals surface area contributed by atoms with Gasteiger partial charge in [0.2, 0.25) is 5.91 Å². The van der Waals surface area contributed by atoms with Crippen LogP contribution in [0.2, 0.25) is 0 Å². The molecule has 1 heterocycles. The monoisotopic (exact) mass is 346 g/mol. The van der Waals surface area contributed by atoms with Crippen LogP contribution in [0.15, 0.2) is 53.1 Å². The molecule has 0 fully saturated rings. The van der Waals surface area contributed by atoms with E-state index in [1.54, 1.807) is 12.1 Å². The minimum absolute atomic E-state index is 0.0146. The zero-order valence-corrected chi connectivity index (χ0v) is 12.9. The van der Waals surface area contributed by atoms with Crippen LogP contribution >= 0.6 is 0 Å². The van der Waals surface area contributed by atoms with Gasteiger partial charge in [-0.05, 0) is 36.4 Å². The van der Waals surface area contributed by atoms with E-state index in [9.17, 15) is 18.0 Å². The molecule has 1 N–H and O–H groups in total. The zero-order valence-electron chi connectivity index (χ0n) is 12.9. The largest absolute Gasteiger partial charge is 0.441 e. The molecule has 0 saturated heterocycles. The summed E-state index contributed by atoms with van der Waals surface area (Å²) >= 11 is 0. The third-order valence-corrected chi connectivity index (χ3v) is 3.45. The average Bonchev–Trinajstić information content (AvgIpc) is 3.06. The Hall–Kier alpha value is -3.09. The Kier molecular flexibility index (Phi) is 4.83. The van der Waals surface area contributed by atoms with Crippen LogP contribution in [0.1, 0.15) is 12.3 Å². The van der Waals surface area contributed by atoms with Crippen LogP contribution in [0.5, 0.6) is 0 Å². The van der Waals surface area contributed by atoms with Crippen LogP contribution in [0.25, 0.3) is 11.3 Å². The number of aromatic nitrogens is 1. The van der Waals surface area contributed by atoms with Crippen LogP contribution in [0.3, 0.4) is 0 Å². The van der Waals surface area contributed by atoms with E-state index in [4.69, 9.17) is 4.42 Å². The van der Waals surface area contributed by atoms with Gasteiger partial charge >= 0.3 is 0 Å². The van der Waals surface area contributed by atoms with Crippen molar-refractivity contribution in [1.82, 2.24) is 4.98 Å². The predicted octanol–water partition coefficient (Wildman–Crippen LogP) is 4.33. The second-order valence-corrected chi connectivity index (χ2v) is 5.30. The maximum Gasteiger partial charge on any atom is 0.224 e. The van der Waals surface area contributed by atoms with E-state index < -0.39 is 17.5 Å². The molecule has 0 aliphatic rings. The first-order chi connectivity index (χ1) is 12.0. The van der Waals surface area contributed by atoms with E-state index in [1.165, 1.54) is 18.3 Å². The summed E-state index contributed by atoms with van der Waals surface area (Å²) in [6, 6.07) is 8.53. The number of amides is 1. The molecular weight excluding hydrogens is 333 g/mol. The molecular formula is C18H13F3N2O2. The normalized spacial score (nSPS) is 10.7. The lowest BCUT2D eigenvalue weighted by atomic mass is 10.2. The Morgan fingerprint density at radius 3 is 2.52 bits per heavy atom. The van der Waals surface area contributed by atoms with E-state index in [-0.39, 0.29) is 24.3 Å². The van der Waals surface area contributed by atoms with E-state index in [1.807, 2.05) is 0 Å². The first kappa shape index (κ1) is 16.8. The van der Waals surface area contributed by atoms with Crippen molar-refractivity contribution < 1.29 is 22.4 Å². The van der Waals surface area contributed by atoms with E-state index >= 15 is 0 Å². The molecule has 0 spiro atoms. The number of nitrogens with zero attached hydrogens (tertiary/aromatic N) is 1. The van der Waals surface area contributed by atoms with Crippen LogP contribution < -0.4 is 5.32 Å². The smallest absolute Gasteiger partial charge is 0.224 e. The Morgan fingerprint density at radius 1 is 1.04 bits per heavy atom. The standard InChI is InChI=1S/C18H13F3N2O2/c19-12-3-1-11(2-4-12)16-10-22-18(25-16)8-7-17(24)23-15-9-13(20)5-6-14(15)21/h1-6,9-10H,7-8H2,(H,23,24). The van der Waals surface area contributed by atoms with Crippen LogP contribution in [0.4, 0.5) is 18.9 Å².